The number of hydrogen-bond acceptors (Lipinski definition) is 2. The molecule has 0 aliphatic heterocycles. The first-order valence-corrected chi connectivity index (χ1v) is 8.27. The summed E-state index contributed by atoms with van der Waals surface area (Å²) >= 11 is 0. The molecule has 0 amide bonds. The highest BCUT2D eigenvalue weighted by atomic mass is 15.2. The Morgan fingerprint density at radius 1 is 1.09 bits per heavy atom. The Labute approximate surface area is 136 Å². The first-order chi connectivity index (χ1) is 10.6. The van der Waals surface area contributed by atoms with E-state index in [1.165, 1.54) is 18.4 Å². The lowest BCUT2D eigenvalue weighted by molar-refractivity contribution is 0.200. The highest BCUT2D eigenvalue weighted by Crippen LogP contribution is 2.16. The summed E-state index contributed by atoms with van der Waals surface area (Å²) in [6.45, 7) is 6.24. The van der Waals surface area contributed by atoms with Crippen molar-refractivity contribution in [2.75, 3.05) is 27.7 Å². The van der Waals surface area contributed by atoms with Crippen molar-refractivity contribution in [2.24, 2.45) is 10.9 Å². The lowest BCUT2D eigenvalue weighted by Crippen LogP contribution is -2.47. The lowest BCUT2D eigenvalue weighted by Gasteiger charge is -2.32. The van der Waals surface area contributed by atoms with E-state index in [-0.39, 0.29) is 0 Å². The zero-order chi connectivity index (χ0) is 16.4. The molecule has 1 aromatic carbocycles. The van der Waals surface area contributed by atoms with Crippen LogP contribution in [0.5, 0.6) is 0 Å². The molecule has 0 aromatic heterocycles. The Kier molecular flexibility index (Phi) is 8.60. The number of benzene rings is 1. The van der Waals surface area contributed by atoms with Crippen LogP contribution in [0.4, 0.5) is 0 Å². The molecule has 4 nitrogen and oxygen atoms in total. The predicted molar refractivity (Wildman–Crippen MR) is 96.2 cm³/mol. The van der Waals surface area contributed by atoms with Crippen LogP contribution in [0, 0.1) is 5.92 Å². The van der Waals surface area contributed by atoms with Crippen molar-refractivity contribution >= 4 is 5.96 Å². The molecule has 0 radical (unpaired) electrons. The van der Waals surface area contributed by atoms with Gasteiger partial charge in [-0.2, -0.15) is 0 Å². The summed E-state index contributed by atoms with van der Waals surface area (Å²) < 4.78 is 0. The summed E-state index contributed by atoms with van der Waals surface area (Å²) in [5.41, 5.74) is 1.26. The van der Waals surface area contributed by atoms with E-state index in [0.29, 0.717) is 12.0 Å². The van der Waals surface area contributed by atoms with Crippen molar-refractivity contribution in [3.05, 3.63) is 35.9 Å². The molecule has 0 heterocycles. The van der Waals surface area contributed by atoms with Gasteiger partial charge in [-0.3, -0.25) is 4.99 Å². The standard InChI is InChI=1S/C18H32N4/c1-6-16(7-2)17(22(4)5)14-21-18(19-3)20-13-15-11-9-8-10-12-15/h8-12,16-17H,6-7,13-14H2,1-5H3,(H2,19,20,21). The fraction of sp³-hybridized carbons (Fsp3) is 0.611. The second kappa shape index (κ2) is 10.2. The van der Waals surface area contributed by atoms with E-state index >= 15 is 0 Å². The van der Waals surface area contributed by atoms with Gasteiger partial charge >= 0.3 is 0 Å². The maximum absolute atomic E-state index is 4.32. The van der Waals surface area contributed by atoms with E-state index in [1.54, 1.807) is 0 Å². The van der Waals surface area contributed by atoms with Crippen molar-refractivity contribution < 1.29 is 0 Å². The van der Waals surface area contributed by atoms with Crippen molar-refractivity contribution in [2.45, 2.75) is 39.3 Å². The van der Waals surface area contributed by atoms with Crippen LogP contribution in [0.1, 0.15) is 32.3 Å². The first kappa shape index (κ1) is 18.5. The second-order valence-corrected chi connectivity index (χ2v) is 5.90. The van der Waals surface area contributed by atoms with Gasteiger partial charge in [0.15, 0.2) is 5.96 Å². The topological polar surface area (TPSA) is 39.7 Å². The molecule has 1 aromatic rings. The summed E-state index contributed by atoms with van der Waals surface area (Å²) in [6, 6.07) is 10.9. The number of likely N-dealkylation sites (N-methyl/N-ethyl adjacent to an activating group) is 1. The molecule has 1 unspecified atom stereocenters. The minimum Gasteiger partial charge on any atom is -0.355 e. The van der Waals surface area contributed by atoms with E-state index < -0.39 is 0 Å². The van der Waals surface area contributed by atoms with Crippen LogP contribution in [-0.4, -0.2) is 44.6 Å². The van der Waals surface area contributed by atoms with Crippen molar-refractivity contribution in [1.82, 2.24) is 15.5 Å². The lowest BCUT2D eigenvalue weighted by atomic mass is 9.93. The zero-order valence-electron chi connectivity index (χ0n) is 14.8. The fourth-order valence-electron chi connectivity index (χ4n) is 2.81. The largest absolute Gasteiger partial charge is 0.355 e. The molecule has 4 heteroatoms. The van der Waals surface area contributed by atoms with Gasteiger partial charge < -0.3 is 15.5 Å². The van der Waals surface area contributed by atoms with Crippen LogP contribution in [0.3, 0.4) is 0 Å². The molecule has 0 bridgehead atoms. The number of aliphatic imine (C=N–C) groups is 1. The van der Waals surface area contributed by atoms with Crippen LogP contribution in [0.25, 0.3) is 0 Å². The van der Waals surface area contributed by atoms with Crippen molar-refractivity contribution in [1.29, 1.82) is 0 Å². The molecule has 0 saturated heterocycles. The third-order valence-electron chi connectivity index (χ3n) is 4.26. The third kappa shape index (κ3) is 6.06. The summed E-state index contributed by atoms with van der Waals surface area (Å²) in [5.74, 6) is 1.57. The summed E-state index contributed by atoms with van der Waals surface area (Å²) in [4.78, 5) is 6.64. The van der Waals surface area contributed by atoms with E-state index in [1.807, 2.05) is 13.1 Å². The maximum atomic E-state index is 4.32. The summed E-state index contributed by atoms with van der Waals surface area (Å²) in [5, 5.41) is 6.84. The van der Waals surface area contributed by atoms with E-state index in [9.17, 15) is 0 Å². The third-order valence-corrected chi connectivity index (χ3v) is 4.26. The molecule has 22 heavy (non-hydrogen) atoms. The molecule has 124 valence electrons. The van der Waals surface area contributed by atoms with Gasteiger partial charge in [-0.25, -0.2) is 0 Å². The average molecular weight is 304 g/mol. The van der Waals surface area contributed by atoms with Crippen LogP contribution < -0.4 is 10.6 Å². The van der Waals surface area contributed by atoms with E-state index in [0.717, 1.165) is 19.0 Å². The maximum Gasteiger partial charge on any atom is 0.191 e. The Bertz CT molecular complexity index is 424. The molecular weight excluding hydrogens is 272 g/mol. The monoisotopic (exact) mass is 304 g/mol. The van der Waals surface area contributed by atoms with E-state index in [2.05, 4.69) is 72.7 Å². The molecule has 0 spiro atoms. The minimum absolute atomic E-state index is 0.519. The number of rotatable bonds is 8. The first-order valence-electron chi connectivity index (χ1n) is 8.27. The number of nitrogens with one attached hydrogen (secondary N) is 2. The number of hydrogen-bond donors (Lipinski definition) is 2. The van der Waals surface area contributed by atoms with Gasteiger partial charge in [-0.15, -0.1) is 0 Å². The van der Waals surface area contributed by atoms with Gasteiger partial charge in [0.1, 0.15) is 0 Å². The molecule has 0 aliphatic rings. The quantitative estimate of drug-likeness (QED) is 0.573. The molecule has 1 rings (SSSR count). The number of guanidine groups is 1. The Balaban J connectivity index is 2.51. The molecule has 0 saturated carbocycles. The Hall–Kier alpha value is -1.55. The minimum atomic E-state index is 0.519. The summed E-state index contributed by atoms with van der Waals surface area (Å²) in [7, 11) is 6.14. The van der Waals surface area contributed by atoms with Gasteiger partial charge in [0.25, 0.3) is 0 Å². The molecule has 0 fully saturated rings. The molecule has 0 aliphatic carbocycles. The van der Waals surface area contributed by atoms with Crippen LogP contribution >= 0.6 is 0 Å². The SMILES string of the molecule is CCC(CC)C(CNC(=NC)NCc1ccccc1)N(C)C. The number of nitrogens with zero attached hydrogens (tertiary/aromatic N) is 2. The van der Waals surface area contributed by atoms with Crippen LogP contribution in [0.2, 0.25) is 0 Å². The van der Waals surface area contributed by atoms with E-state index in [4.69, 9.17) is 0 Å². The highest BCUT2D eigenvalue weighted by molar-refractivity contribution is 5.79. The van der Waals surface area contributed by atoms with Gasteiger partial charge in [0, 0.05) is 26.2 Å². The van der Waals surface area contributed by atoms with Crippen molar-refractivity contribution in [3.63, 3.8) is 0 Å². The fourth-order valence-corrected chi connectivity index (χ4v) is 2.81. The molecule has 1 atom stereocenters. The second-order valence-electron chi connectivity index (χ2n) is 5.90. The van der Waals surface area contributed by atoms with Crippen LogP contribution in [-0.2, 0) is 6.54 Å². The molecule has 2 N–H and O–H groups in total. The van der Waals surface area contributed by atoms with Gasteiger partial charge in [0.05, 0.1) is 0 Å². The smallest absolute Gasteiger partial charge is 0.191 e. The Morgan fingerprint density at radius 3 is 2.23 bits per heavy atom. The Morgan fingerprint density at radius 2 is 1.73 bits per heavy atom. The van der Waals surface area contributed by atoms with Gasteiger partial charge in [-0.1, -0.05) is 57.0 Å². The highest BCUT2D eigenvalue weighted by Gasteiger charge is 2.20. The predicted octanol–water partition coefficient (Wildman–Crippen LogP) is 2.72. The normalized spacial score (nSPS) is 13.5. The average Bonchev–Trinajstić information content (AvgIpc) is 2.54. The zero-order valence-corrected chi connectivity index (χ0v) is 14.8. The molecular formula is C18H32N4. The van der Waals surface area contributed by atoms with Gasteiger partial charge in [-0.05, 0) is 25.6 Å². The van der Waals surface area contributed by atoms with Gasteiger partial charge in [0.2, 0.25) is 0 Å². The summed E-state index contributed by atoms with van der Waals surface area (Å²) in [6.07, 6.45) is 2.41. The van der Waals surface area contributed by atoms with Crippen molar-refractivity contribution in [3.8, 4) is 0 Å². The van der Waals surface area contributed by atoms with Crippen LogP contribution in [0.15, 0.2) is 35.3 Å².